The average Bonchev–Trinajstić information content (AvgIpc) is 2.62. The van der Waals surface area contributed by atoms with Gasteiger partial charge in [-0.3, -0.25) is 9.59 Å². The third-order valence-corrected chi connectivity index (χ3v) is 3.63. The van der Waals surface area contributed by atoms with Crippen molar-refractivity contribution in [2.75, 3.05) is 16.0 Å². The Morgan fingerprint density at radius 1 is 0.852 bits per heavy atom. The molecule has 0 unspecified atom stereocenters. The Kier molecular flexibility index (Phi) is 5.41. The molecule has 0 aliphatic carbocycles. The first kappa shape index (κ1) is 18.1. The summed E-state index contributed by atoms with van der Waals surface area (Å²) in [5.41, 5.74) is 3.38. The summed E-state index contributed by atoms with van der Waals surface area (Å²) in [6, 6.07) is 16.3. The Morgan fingerprint density at radius 2 is 1.56 bits per heavy atom. The first-order valence-electron chi connectivity index (χ1n) is 8.34. The van der Waals surface area contributed by atoms with Crippen LogP contribution in [0.3, 0.4) is 0 Å². The summed E-state index contributed by atoms with van der Waals surface area (Å²) in [6.07, 6.45) is 1.33. The Balaban J connectivity index is 1.73. The van der Waals surface area contributed by atoms with Crippen LogP contribution < -0.4 is 16.0 Å². The lowest BCUT2D eigenvalue weighted by Crippen LogP contribution is -2.14. The summed E-state index contributed by atoms with van der Waals surface area (Å²) in [5, 5.41) is 8.59. The van der Waals surface area contributed by atoms with Crippen LogP contribution >= 0.6 is 0 Å². The first-order chi connectivity index (χ1) is 13.0. The molecule has 0 aliphatic rings. The quantitative estimate of drug-likeness (QED) is 0.643. The Bertz CT molecular complexity index is 987. The van der Waals surface area contributed by atoms with Crippen LogP contribution in [0.5, 0.6) is 0 Å². The highest BCUT2D eigenvalue weighted by Gasteiger charge is 2.10. The van der Waals surface area contributed by atoms with E-state index in [0.717, 1.165) is 11.3 Å². The molecular weight excluding hydrogens is 342 g/mol. The Labute approximate surface area is 156 Å². The van der Waals surface area contributed by atoms with Crippen molar-refractivity contribution in [2.45, 2.75) is 13.8 Å². The van der Waals surface area contributed by atoms with Gasteiger partial charge >= 0.3 is 0 Å². The molecule has 7 heteroatoms. The van der Waals surface area contributed by atoms with Crippen molar-refractivity contribution < 1.29 is 9.59 Å². The lowest BCUT2D eigenvalue weighted by molar-refractivity contribution is -0.114. The van der Waals surface area contributed by atoms with E-state index in [-0.39, 0.29) is 17.5 Å². The lowest BCUT2D eigenvalue weighted by Gasteiger charge is -2.09. The molecule has 0 fully saturated rings. The van der Waals surface area contributed by atoms with E-state index in [4.69, 9.17) is 0 Å². The van der Waals surface area contributed by atoms with Crippen molar-refractivity contribution in [2.24, 2.45) is 0 Å². The van der Waals surface area contributed by atoms with Crippen LogP contribution in [-0.2, 0) is 4.79 Å². The number of nitrogens with one attached hydrogen (secondary N) is 3. The van der Waals surface area contributed by atoms with E-state index < -0.39 is 0 Å². The molecule has 3 N–H and O–H groups in total. The number of hydrogen-bond donors (Lipinski definition) is 3. The topological polar surface area (TPSA) is 96.0 Å². The number of benzene rings is 2. The number of carbonyl (C=O) groups excluding carboxylic acids is 2. The van der Waals surface area contributed by atoms with Crippen molar-refractivity contribution in [1.29, 1.82) is 0 Å². The highest BCUT2D eigenvalue weighted by atomic mass is 16.2. The molecule has 0 spiro atoms. The minimum Gasteiger partial charge on any atom is -0.340 e. The second-order valence-electron chi connectivity index (χ2n) is 6.00. The third-order valence-electron chi connectivity index (χ3n) is 3.63. The van der Waals surface area contributed by atoms with Crippen molar-refractivity contribution in [3.8, 4) is 0 Å². The lowest BCUT2D eigenvalue weighted by atomic mass is 10.2. The molecule has 0 radical (unpaired) electrons. The monoisotopic (exact) mass is 361 g/mol. The summed E-state index contributed by atoms with van der Waals surface area (Å²) >= 11 is 0. The SMILES string of the molecule is CC(=O)Nc1cccc(NC(=O)c2cc(Nc3cccc(C)c3)ncn2)c1. The van der Waals surface area contributed by atoms with Crippen LogP contribution in [0.25, 0.3) is 0 Å². The van der Waals surface area contributed by atoms with E-state index in [1.807, 2.05) is 31.2 Å². The fourth-order valence-electron chi connectivity index (χ4n) is 2.49. The molecule has 2 amide bonds. The molecule has 0 aliphatic heterocycles. The van der Waals surface area contributed by atoms with Gasteiger partial charge in [0.05, 0.1) is 0 Å². The molecule has 136 valence electrons. The van der Waals surface area contributed by atoms with Crippen LogP contribution in [0.1, 0.15) is 23.0 Å². The number of nitrogens with zero attached hydrogens (tertiary/aromatic N) is 2. The van der Waals surface area contributed by atoms with Gasteiger partial charge in [0.15, 0.2) is 0 Å². The second-order valence-corrected chi connectivity index (χ2v) is 6.00. The van der Waals surface area contributed by atoms with Crippen LogP contribution in [-0.4, -0.2) is 21.8 Å². The van der Waals surface area contributed by atoms with Crippen molar-refractivity contribution in [3.63, 3.8) is 0 Å². The molecule has 2 aromatic carbocycles. The van der Waals surface area contributed by atoms with Crippen molar-refractivity contribution >= 4 is 34.7 Å². The zero-order valence-electron chi connectivity index (χ0n) is 15.0. The molecule has 0 saturated heterocycles. The van der Waals surface area contributed by atoms with E-state index in [2.05, 4.69) is 25.9 Å². The normalized spacial score (nSPS) is 10.1. The predicted octanol–water partition coefficient (Wildman–Crippen LogP) is 3.74. The first-order valence-corrected chi connectivity index (χ1v) is 8.34. The fourth-order valence-corrected chi connectivity index (χ4v) is 2.49. The zero-order chi connectivity index (χ0) is 19.2. The van der Waals surface area contributed by atoms with E-state index >= 15 is 0 Å². The highest BCUT2D eigenvalue weighted by molar-refractivity contribution is 6.03. The summed E-state index contributed by atoms with van der Waals surface area (Å²) in [7, 11) is 0. The molecule has 1 heterocycles. The third kappa shape index (κ3) is 5.12. The minimum absolute atomic E-state index is 0.179. The molecule has 3 aromatic rings. The van der Waals surface area contributed by atoms with Gasteiger partial charge in [-0.1, -0.05) is 18.2 Å². The van der Waals surface area contributed by atoms with Crippen LogP contribution in [0, 0.1) is 6.92 Å². The van der Waals surface area contributed by atoms with Gasteiger partial charge in [-0.25, -0.2) is 9.97 Å². The number of anilines is 4. The highest BCUT2D eigenvalue weighted by Crippen LogP contribution is 2.18. The van der Waals surface area contributed by atoms with Gasteiger partial charge in [0.25, 0.3) is 5.91 Å². The average molecular weight is 361 g/mol. The number of rotatable bonds is 5. The van der Waals surface area contributed by atoms with Gasteiger partial charge in [-0.15, -0.1) is 0 Å². The van der Waals surface area contributed by atoms with E-state index in [0.29, 0.717) is 17.2 Å². The smallest absolute Gasteiger partial charge is 0.274 e. The minimum atomic E-state index is -0.371. The standard InChI is InChI=1S/C20H19N5O2/c1-13-5-3-6-15(9-13)24-19-11-18(21-12-22-19)20(27)25-17-8-4-7-16(10-17)23-14(2)26/h3-12H,1-2H3,(H,23,26)(H,25,27)(H,21,22,24). The van der Waals surface area contributed by atoms with Gasteiger partial charge < -0.3 is 16.0 Å². The zero-order valence-corrected chi connectivity index (χ0v) is 15.0. The summed E-state index contributed by atoms with van der Waals surface area (Å²) in [4.78, 5) is 31.8. The number of carbonyl (C=O) groups is 2. The van der Waals surface area contributed by atoms with Gasteiger partial charge in [-0.05, 0) is 42.8 Å². The number of aromatic nitrogens is 2. The maximum absolute atomic E-state index is 12.5. The van der Waals surface area contributed by atoms with Crippen molar-refractivity contribution in [1.82, 2.24) is 9.97 Å². The molecule has 0 atom stereocenters. The molecule has 7 nitrogen and oxygen atoms in total. The Morgan fingerprint density at radius 3 is 2.30 bits per heavy atom. The Hall–Kier alpha value is -3.74. The molecule has 3 rings (SSSR count). The van der Waals surface area contributed by atoms with Crippen LogP contribution in [0.2, 0.25) is 0 Å². The number of aryl methyl sites for hydroxylation is 1. The van der Waals surface area contributed by atoms with E-state index in [1.54, 1.807) is 30.3 Å². The molecule has 0 saturated carbocycles. The summed E-state index contributed by atoms with van der Waals surface area (Å²) < 4.78 is 0. The fraction of sp³-hybridized carbons (Fsp3) is 0.100. The maximum atomic E-state index is 12.5. The predicted molar refractivity (Wildman–Crippen MR) is 105 cm³/mol. The summed E-state index contributed by atoms with van der Waals surface area (Å²) in [5.74, 6) is -0.0291. The van der Waals surface area contributed by atoms with E-state index in [1.165, 1.54) is 13.3 Å². The van der Waals surface area contributed by atoms with Gasteiger partial charge in [0.2, 0.25) is 5.91 Å². The summed E-state index contributed by atoms with van der Waals surface area (Å²) in [6.45, 7) is 3.42. The van der Waals surface area contributed by atoms with Crippen molar-refractivity contribution in [3.05, 3.63) is 72.2 Å². The van der Waals surface area contributed by atoms with Crippen LogP contribution in [0.15, 0.2) is 60.9 Å². The number of hydrogen-bond acceptors (Lipinski definition) is 5. The molecule has 0 bridgehead atoms. The van der Waals surface area contributed by atoms with Crippen LogP contribution in [0.4, 0.5) is 22.9 Å². The maximum Gasteiger partial charge on any atom is 0.274 e. The molecule has 1 aromatic heterocycles. The van der Waals surface area contributed by atoms with Gasteiger partial charge in [0, 0.05) is 30.1 Å². The second kappa shape index (κ2) is 8.09. The van der Waals surface area contributed by atoms with E-state index in [9.17, 15) is 9.59 Å². The van der Waals surface area contributed by atoms with Gasteiger partial charge in [0.1, 0.15) is 17.8 Å². The number of amides is 2. The molecular formula is C20H19N5O2. The molecule has 27 heavy (non-hydrogen) atoms. The largest absolute Gasteiger partial charge is 0.340 e. The van der Waals surface area contributed by atoms with Gasteiger partial charge in [-0.2, -0.15) is 0 Å².